The molecule has 3 aromatic rings. The molecule has 0 bridgehead atoms. The topological polar surface area (TPSA) is 16.1 Å². The lowest BCUT2D eigenvalue weighted by atomic mass is 9.92. The average Bonchev–Trinajstić information content (AvgIpc) is 2.67. The first-order valence-corrected chi connectivity index (χ1v) is 9.14. The van der Waals surface area contributed by atoms with Gasteiger partial charge >= 0.3 is 0 Å². The van der Waals surface area contributed by atoms with E-state index < -0.39 is 0 Å². The fourth-order valence-corrected chi connectivity index (χ4v) is 3.82. The van der Waals surface area contributed by atoms with E-state index in [0.29, 0.717) is 6.04 Å². The molecule has 25 heavy (non-hydrogen) atoms. The standard InChI is InChI=1S/C23H24N2/c1-18-9-11-21(25(17-18)22-13-15-24-16-14-22)12-10-20-7-4-6-19-5-2-3-8-23(19)20/h2-8,10,12-16,18,21H,9,11,17H2,1H3. The van der Waals surface area contributed by atoms with Crippen LogP contribution in [0.15, 0.2) is 73.1 Å². The van der Waals surface area contributed by atoms with Crippen molar-refractivity contribution in [1.82, 2.24) is 4.98 Å². The van der Waals surface area contributed by atoms with Crippen LogP contribution in [0.4, 0.5) is 5.69 Å². The number of benzene rings is 2. The molecule has 0 radical (unpaired) electrons. The molecule has 2 nitrogen and oxygen atoms in total. The number of aromatic nitrogens is 1. The van der Waals surface area contributed by atoms with E-state index in [1.165, 1.54) is 34.9 Å². The average molecular weight is 328 g/mol. The van der Waals surface area contributed by atoms with Gasteiger partial charge in [0.25, 0.3) is 0 Å². The van der Waals surface area contributed by atoms with Gasteiger partial charge in [0, 0.05) is 30.7 Å². The molecule has 0 saturated carbocycles. The molecule has 1 aliphatic rings. The van der Waals surface area contributed by atoms with Crippen LogP contribution in [0.3, 0.4) is 0 Å². The third kappa shape index (κ3) is 3.43. The zero-order valence-corrected chi connectivity index (χ0v) is 14.7. The minimum atomic E-state index is 0.442. The Hall–Kier alpha value is -2.61. The summed E-state index contributed by atoms with van der Waals surface area (Å²) in [6, 6.07) is 19.8. The number of anilines is 1. The lowest BCUT2D eigenvalue weighted by molar-refractivity contribution is 0.409. The molecule has 1 fully saturated rings. The Bertz CT molecular complexity index is 864. The second-order valence-electron chi connectivity index (χ2n) is 7.04. The van der Waals surface area contributed by atoms with Crippen LogP contribution in [-0.2, 0) is 0 Å². The number of nitrogens with zero attached hydrogens (tertiary/aromatic N) is 2. The molecule has 2 aromatic carbocycles. The third-order valence-electron chi connectivity index (χ3n) is 5.18. The van der Waals surface area contributed by atoms with Crippen molar-refractivity contribution in [3.63, 3.8) is 0 Å². The second-order valence-corrected chi connectivity index (χ2v) is 7.04. The zero-order valence-electron chi connectivity index (χ0n) is 14.7. The van der Waals surface area contributed by atoms with Gasteiger partial charge in [0.2, 0.25) is 0 Å². The molecular formula is C23H24N2. The monoisotopic (exact) mass is 328 g/mol. The summed E-state index contributed by atoms with van der Waals surface area (Å²) in [6.07, 6.45) is 10.9. The van der Waals surface area contributed by atoms with Gasteiger partial charge in [-0.05, 0) is 47.2 Å². The number of rotatable bonds is 3. The summed E-state index contributed by atoms with van der Waals surface area (Å²) in [4.78, 5) is 6.69. The van der Waals surface area contributed by atoms with Gasteiger partial charge in [-0.2, -0.15) is 0 Å². The van der Waals surface area contributed by atoms with Crippen molar-refractivity contribution in [3.8, 4) is 0 Å². The first kappa shape index (κ1) is 15.9. The van der Waals surface area contributed by atoms with E-state index in [9.17, 15) is 0 Å². The molecule has 1 saturated heterocycles. The highest BCUT2D eigenvalue weighted by molar-refractivity contribution is 5.90. The fraction of sp³-hybridized carbons (Fsp3) is 0.261. The predicted octanol–water partition coefficient (Wildman–Crippen LogP) is 5.55. The molecule has 2 unspecified atom stereocenters. The van der Waals surface area contributed by atoms with Crippen molar-refractivity contribution < 1.29 is 0 Å². The number of hydrogen-bond acceptors (Lipinski definition) is 2. The van der Waals surface area contributed by atoms with Gasteiger partial charge in [-0.1, -0.05) is 61.5 Å². The first-order valence-electron chi connectivity index (χ1n) is 9.14. The Kier molecular flexibility index (Phi) is 4.51. The number of pyridine rings is 1. The van der Waals surface area contributed by atoms with Gasteiger partial charge in [0.15, 0.2) is 0 Å². The van der Waals surface area contributed by atoms with Gasteiger partial charge in [0.1, 0.15) is 0 Å². The maximum atomic E-state index is 4.17. The molecule has 1 aliphatic heterocycles. The number of hydrogen-bond donors (Lipinski definition) is 0. The summed E-state index contributed by atoms with van der Waals surface area (Å²) in [7, 11) is 0. The number of fused-ring (bicyclic) bond motifs is 1. The molecule has 2 heterocycles. The highest BCUT2D eigenvalue weighted by Crippen LogP contribution is 2.29. The van der Waals surface area contributed by atoms with Crippen molar-refractivity contribution in [3.05, 3.63) is 78.6 Å². The van der Waals surface area contributed by atoms with Gasteiger partial charge in [-0.15, -0.1) is 0 Å². The predicted molar refractivity (Wildman–Crippen MR) is 107 cm³/mol. The smallest absolute Gasteiger partial charge is 0.0476 e. The van der Waals surface area contributed by atoms with E-state index >= 15 is 0 Å². The molecule has 0 aliphatic carbocycles. The van der Waals surface area contributed by atoms with Crippen LogP contribution < -0.4 is 4.90 Å². The maximum Gasteiger partial charge on any atom is 0.0476 e. The molecule has 126 valence electrons. The van der Waals surface area contributed by atoms with Gasteiger partial charge in [-0.3, -0.25) is 4.98 Å². The van der Waals surface area contributed by atoms with Crippen LogP contribution in [0, 0.1) is 5.92 Å². The van der Waals surface area contributed by atoms with Crippen molar-refractivity contribution in [2.75, 3.05) is 11.4 Å². The van der Waals surface area contributed by atoms with E-state index in [-0.39, 0.29) is 0 Å². The molecule has 2 atom stereocenters. The Labute approximate surface area is 149 Å². The minimum Gasteiger partial charge on any atom is -0.365 e. The van der Waals surface area contributed by atoms with E-state index in [0.717, 1.165) is 12.5 Å². The second kappa shape index (κ2) is 7.10. The van der Waals surface area contributed by atoms with Gasteiger partial charge in [-0.25, -0.2) is 0 Å². The fourth-order valence-electron chi connectivity index (χ4n) is 3.82. The quantitative estimate of drug-likeness (QED) is 0.626. The summed E-state index contributed by atoms with van der Waals surface area (Å²) in [6.45, 7) is 3.45. The van der Waals surface area contributed by atoms with Crippen molar-refractivity contribution >= 4 is 22.5 Å². The summed E-state index contributed by atoms with van der Waals surface area (Å²) in [5, 5.41) is 2.62. The van der Waals surface area contributed by atoms with Crippen LogP contribution in [0.1, 0.15) is 25.3 Å². The normalized spacial score (nSPS) is 21.1. The highest BCUT2D eigenvalue weighted by atomic mass is 15.2. The Morgan fingerprint density at radius 2 is 1.76 bits per heavy atom. The first-order chi connectivity index (χ1) is 12.3. The minimum absolute atomic E-state index is 0.442. The molecule has 4 rings (SSSR count). The Balaban J connectivity index is 1.64. The SMILES string of the molecule is CC1CCC(C=Cc2cccc3ccccc23)N(c2ccncc2)C1. The van der Waals surface area contributed by atoms with Gasteiger partial charge in [0.05, 0.1) is 0 Å². The van der Waals surface area contributed by atoms with E-state index in [4.69, 9.17) is 0 Å². The molecule has 0 amide bonds. The zero-order chi connectivity index (χ0) is 17.1. The van der Waals surface area contributed by atoms with Crippen LogP contribution in [0.2, 0.25) is 0 Å². The third-order valence-corrected chi connectivity index (χ3v) is 5.18. The summed E-state index contributed by atoms with van der Waals surface area (Å²) in [5.74, 6) is 0.732. The largest absolute Gasteiger partial charge is 0.365 e. The van der Waals surface area contributed by atoms with Crippen molar-refractivity contribution in [1.29, 1.82) is 0 Å². The van der Waals surface area contributed by atoms with Crippen molar-refractivity contribution in [2.24, 2.45) is 5.92 Å². The van der Waals surface area contributed by atoms with E-state index in [2.05, 4.69) is 83.6 Å². The Morgan fingerprint density at radius 3 is 2.64 bits per heavy atom. The van der Waals surface area contributed by atoms with Gasteiger partial charge < -0.3 is 4.90 Å². The van der Waals surface area contributed by atoms with E-state index in [1.807, 2.05) is 12.4 Å². The van der Waals surface area contributed by atoms with Crippen LogP contribution in [0.25, 0.3) is 16.8 Å². The van der Waals surface area contributed by atoms with Crippen LogP contribution >= 0.6 is 0 Å². The van der Waals surface area contributed by atoms with E-state index in [1.54, 1.807) is 0 Å². The lowest BCUT2D eigenvalue weighted by Gasteiger charge is -2.39. The van der Waals surface area contributed by atoms with Crippen molar-refractivity contribution in [2.45, 2.75) is 25.8 Å². The molecule has 2 heteroatoms. The summed E-state index contributed by atoms with van der Waals surface area (Å²) >= 11 is 0. The molecular weight excluding hydrogens is 304 g/mol. The highest BCUT2D eigenvalue weighted by Gasteiger charge is 2.24. The lowest BCUT2D eigenvalue weighted by Crippen LogP contribution is -2.41. The molecule has 0 N–H and O–H groups in total. The summed E-state index contributed by atoms with van der Waals surface area (Å²) in [5.41, 5.74) is 2.57. The molecule has 1 aromatic heterocycles. The number of piperidine rings is 1. The Morgan fingerprint density at radius 1 is 0.960 bits per heavy atom. The van der Waals surface area contributed by atoms with Crippen LogP contribution in [-0.4, -0.2) is 17.6 Å². The summed E-state index contributed by atoms with van der Waals surface area (Å²) < 4.78 is 0. The maximum absolute atomic E-state index is 4.17. The van der Waals surface area contributed by atoms with Crippen LogP contribution in [0.5, 0.6) is 0 Å². The molecule has 0 spiro atoms.